The first kappa shape index (κ1) is 14.2. The molecule has 4 heterocycles. The smallest absolute Gasteiger partial charge is 0.138 e. The molecule has 3 aromatic heterocycles. The first-order valence-corrected chi connectivity index (χ1v) is 7.76. The quantitative estimate of drug-likeness (QED) is 0.799. The Bertz CT molecular complexity index is 810. The number of imidazole rings is 1. The lowest BCUT2D eigenvalue weighted by atomic mass is 9.93. The highest BCUT2D eigenvalue weighted by atomic mass is 16.5. The zero-order chi connectivity index (χ0) is 16.0. The van der Waals surface area contributed by atoms with E-state index in [1.807, 2.05) is 31.8 Å². The van der Waals surface area contributed by atoms with E-state index in [2.05, 4.69) is 31.3 Å². The third-order valence-electron chi connectivity index (χ3n) is 4.59. The molecule has 4 rings (SSSR count). The Morgan fingerprint density at radius 1 is 1.39 bits per heavy atom. The predicted molar refractivity (Wildman–Crippen MR) is 83.7 cm³/mol. The van der Waals surface area contributed by atoms with Gasteiger partial charge in [0.2, 0.25) is 0 Å². The van der Waals surface area contributed by atoms with Crippen molar-refractivity contribution in [3.05, 3.63) is 52.7 Å². The van der Waals surface area contributed by atoms with Crippen LogP contribution in [0.4, 0.5) is 0 Å². The van der Waals surface area contributed by atoms with Crippen molar-refractivity contribution in [2.24, 2.45) is 7.05 Å². The van der Waals surface area contributed by atoms with E-state index in [-0.39, 0.29) is 5.92 Å². The van der Waals surface area contributed by atoms with Crippen LogP contribution < -0.4 is 0 Å². The maximum Gasteiger partial charge on any atom is 0.138 e. The number of nitrogens with one attached hydrogen (secondary N) is 1. The monoisotopic (exact) mass is 312 g/mol. The molecule has 0 aromatic carbocycles. The Kier molecular flexibility index (Phi) is 3.30. The molecular formula is C16H20N6O. The van der Waals surface area contributed by atoms with Crippen molar-refractivity contribution in [2.45, 2.75) is 32.9 Å². The third kappa shape index (κ3) is 2.46. The minimum atomic E-state index is 0.235. The number of hydrogen-bond acceptors (Lipinski definition) is 5. The molecule has 1 aliphatic heterocycles. The second-order valence-corrected chi connectivity index (χ2v) is 6.24. The fraction of sp³-hybridized carbons (Fsp3) is 0.438. The van der Waals surface area contributed by atoms with Crippen LogP contribution in [0.3, 0.4) is 0 Å². The summed E-state index contributed by atoms with van der Waals surface area (Å²) in [6, 6.07) is 0. The van der Waals surface area contributed by atoms with Gasteiger partial charge in [0, 0.05) is 49.9 Å². The summed E-state index contributed by atoms with van der Waals surface area (Å²) in [5.41, 5.74) is 5.66. The molecule has 1 aliphatic rings. The predicted octanol–water partition coefficient (Wildman–Crippen LogP) is 1.90. The van der Waals surface area contributed by atoms with Crippen LogP contribution >= 0.6 is 0 Å². The first-order valence-electron chi connectivity index (χ1n) is 7.76. The highest BCUT2D eigenvalue weighted by molar-refractivity contribution is 5.31. The Labute approximate surface area is 134 Å². The molecule has 0 saturated heterocycles. The van der Waals surface area contributed by atoms with Gasteiger partial charge in [-0.25, -0.2) is 4.98 Å². The van der Waals surface area contributed by atoms with Gasteiger partial charge >= 0.3 is 0 Å². The molecule has 1 unspecified atom stereocenters. The molecule has 0 spiro atoms. The van der Waals surface area contributed by atoms with Crippen LogP contribution in [0, 0.1) is 13.8 Å². The van der Waals surface area contributed by atoms with Crippen molar-refractivity contribution in [3.8, 4) is 0 Å². The van der Waals surface area contributed by atoms with Gasteiger partial charge in [0.25, 0.3) is 0 Å². The molecule has 0 saturated carbocycles. The molecule has 120 valence electrons. The standard InChI is InChI=1S/C16H20N6O/c1-10-13(11(2)23-20-10)6-22-7-14(12-4-19-21(3)5-12)16-15(8-22)17-9-18-16/h4-5,9,14H,6-8H2,1-3H3,(H,17,18). The molecule has 0 fully saturated rings. The van der Waals surface area contributed by atoms with E-state index in [1.165, 1.54) is 16.8 Å². The summed E-state index contributed by atoms with van der Waals surface area (Å²) in [7, 11) is 1.94. The maximum atomic E-state index is 5.30. The minimum absolute atomic E-state index is 0.235. The van der Waals surface area contributed by atoms with Crippen molar-refractivity contribution < 1.29 is 4.52 Å². The van der Waals surface area contributed by atoms with Crippen molar-refractivity contribution in [3.63, 3.8) is 0 Å². The molecule has 0 radical (unpaired) electrons. The summed E-state index contributed by atoms with van der Waals surface area (Å²) in [6.45, 7) is 6.57. The van der Waals surface area contributed by atoms with Gasteiger partial charge in [-0.3, -0.25) is 9.58 Å². The minimum Gasteiger partial charge on any atom is -0.361 e. The summed E-state index contributed by atoms with van der Waals surface area (Å²) >= 11 is 0. The average molecular weight is 312 g/mol. The van der Waals surface area contributed by atoms with E-state index in [1.54, 1.807) is 6.33 Å². The second-order valence-electron chi connectivity index (χ2n) is 6.24. The fourth-order valence-electron chi connectivity index (χ4n) is 3.35. The summed E-state index contributed by atoms with van der Waals surface area (Å²) < 4.78 is 7.14. The molecule has 0 bridgehead atoms. The Balaban J connectivity index is 1.64. The molecule has 23 heavy (non-hydrogen) atoms. The van der Waals surface area contributed by atoms with Crippen LogP contribution in [0.1, 0.15) is 39.9 Å². The number of aromatic nitrogens is 5. The molecule has 0 amide bonds. The van der Waals surface area contributed by atoms with Crippen molar-refractivity contribution in [1.29, 1.82) is 0 Å². The molecular weight excluding hydrogens is 292 g/mol. The summed E-state index contributed by atoms with van der Waals surface area (Å²) in [4.78, 5) is 10.2. The van der Waals surface area contributed by atoms with Crippen LogP contribution in [0.5, 0.6) is 0 Å². The largest absolute Gasteiger partial charge is 0.361 e. The molecule has 3 aromatic rings. The Morgan fingerprint density at radius 2 is 2.26 bits per heavy atom. The lowest BCUT2D eigenvalue weighted by Gasteiger charge is -2.31. The number of H-pyrrole nitrogens is 1. The van der Waals surface area contributed by atoms with Gasteiger partial charge in [-0.1, -0.05) is 5.16 Å². The van der Waals surface area contributed by atoms with Crippen LogP contribution in [0.25, 0.3) is 0 Å². The molecule has 7 heteroatoms. The SMILES string of the molecule is Cc1noc(C)c1CN1Cc2[nH]cnc2C(c2cnn(C)c2)C1. The highest BCUT2D eigenvalue weighted by Gasteiger charge is 2.30. The van der Waals surface area contributed by atoms with Crippen LogP contribution in [0.2, 0.25) is 0 Å². The van der Waals surface area contributed by atoms with E-state index < -0.39 is 0 Å². The van der Waals surface area contributed by atoms with Gasteiger partial charge in [0.15, 0.2) is 0 Å². The van der Waals surface area contributed by atoms with Gasteiger partial charge in [-0.15, -0.1) is 0 Å². The van der Waals surface area contributed by atoms with E-state index >= 15 is 0 Å². The van der Waals surface area contributed by atoms with Crippen molar-refractivity contribution in [1.82, 2.24) is 29.8 Å². The molecule has 0 aliphatic carbocycles. The average Bonchev–Trinajstić information content (AvgIpc) is 3.23. The van der Waals surface area contributed by atoms with E-state index in [4.69, 9.17) is 4.52 Å². The van der Waals surface area contributed by atoms with Gasteiger partial charge in [-0.05, 0) is 13.8 Å². The number of fused-ring (bicyclic) bond motifs is 1. The topological polar surface area (TPSA) is 75.8 Å². The second kappa shape index (κ2) is 5.34. The lowest BCUT2D eigenvalue weighted by molar-refractivity contribution is 0.226. The van der Waals surface area contributed by atoms with Gasteiger partial charge < -0.3 is 9.51 Å². The van der Waals surface area contributed by atoms with Crippen LogP contribution in [-0.4, -0.2) is 36.3 Å². The Morgan fingerprint density at radius 3 is 2.96 bits per heavy atom. The maximum absolute atomic E-state index is 5.30. The van der Waals surface area contributed by atoms with Crippen molar-refractivity contribution >= 4 is 0 Å². The third-order valence-corrected chi connectivity index (χ3v) is 4.59. The summed E-state index contributed by atoms with van der Waals surface area (Å²) in [5, 5.41) is 8.37. The van der Waals surface area contributed by atoms with Crippen LogP contribution in [-0.2, 0) is 20.1 Å². The van der Waals surface area contributed by atoms with E-state index in [0.717, 1.165) is 36.8 Å². The molecule has 1 N–H and O–H groups in total. The summed E-state index contributed by atoms with van der Waals surface area (Å²) in [6.07, 6.45) is 5.79. The first-order chi connectivity index (χ1) is 11.1. The van der Waals surface area contributed by atoms with E-state index in [9.17, 15) is 0 Å². The van der Waals surface area contributed by atoms with Crippen LogP contribution in [0.15, 0.2) is 23.2 Å². The molecule has 7 nitrogen and oxygen atoms in total. The van der Waals surface area contributed by atoms with Gasteiger partial charge in [-0.2, -0.15) is 5.10 Å². The number of aromatic amines is 1. The molecule has 1 atom stereocenters. The number of nitrogens with zero attached hydrogens (tertiary/aromatic N) is 5. The number of hydrogen-bond donors (Lipinski definition) is 1. The Hall–Kier alpha value is -2.41. The zero-order valence-corrected chi connectivity index (χ0v) is 13.6. The highest BCUT2D eigenvalue weighted by Crippen LogP contribution is 2.32. The normalized spacial score (nSPS) is 18.3. The zero-order valence-electron chi connectivity index (χ0n) is 13.6. The summed E-state index contributed by atoms with van der Waals surface area (Å²) in [5.74, 6) is 1.13. The van der Waals surface area contributed by atoms with Gasteiger partial charge in [0.1, 0.15) is 5.76 Å². The fourth-order valence-corrected chi connectivity index (χ4v) is 3.35. The number of aryl methyl sites for hydroxylation is 3. The van der Waals surface area contributed by atoms with Crippen molar-refractivity contribution in [2.75, 3.05) is 6.54 Å². The lowest BCUT2D eigenvalue weighted by Crippen LogP contribution is -2.34. The van der Waals surface area contributed by atoms with E-state index in [0.29, 0.717) is 0 Å². The number of rotatable bonds is 3. The van der Waals surface area contributed by atoms with Gasteiger partial charge in [0.05, 0.1) is 29.6 Å².